The van der Waals surface area contributed by atoms with Crippen LogP contribution in [-0.2, 0) is 0 Å². The van der Waals surface area contributed by atoms with E-state index in [-0.39, 0.29) is 23.8 Å². The quantitative estimate of drug-likeness (QED) is 0.819. The summed E-state index contributed by atoms with van der Waals surface area (Å²) < 4.78 is 2.42. The molecule has 1 unspecified atom stereocenters. The Morgan fingerprint density at radius 1 is 1.46 bits per heavy atom. The summed E-state index contributed by atoms with van der Waals surface area (Å²) in [7, 11) is 2.10. The van der Waals surface area contributed by atoms with Crippen molar-refractivity contribution >= 4 is 27.5 Å². The highest BCUT2D eigenvalue weighted by molar-refractivity contribution is 9.10. The van der Waals surface area contributed by atoms with Crippen LogP contribution < -0.4 is 0 Å². The standard InChI is InChI=1S/C16H20BrN5O2/c1-20-9-16(10-20)2-3-21(6-11(16)8-23)15(24)13-5-19-22-7-12(17)4-18-14(13)22/h4-5,7,11,23H,2-3,6,8-10H2,1H3. The lowest BCUT2D eigenvalue weighted by molar-refractivity contribution is -0.0885. The third-order valence-electron chi connectivity index (χ3n) is 5.42. The van der Waals surface area contributed by atoms with Crippen molar-refractivity contribution in [2.45, 2.75) is 6.42 Å². The van der Waals surface area contributed by atoms with Gasteiger partial charge in [-0.3, -0.25) is 4.79 Å². The van der Waals surface area contributed by atoms with Gasteiger partial charge in [-0.25, -0.2) is 9.50 Å². The van der Waals surface area contributed by atoms with Crippen LogP contribution in [0.1, 0.15) is 16.8 Å². The van der Waals surface area contributed by atoms with Gasteiger partial charge in [0, 0.05) is 56.5 Å². The fourth-order valence-electron chi connectivity index (χ4n) is 4.17. The topological polar surface area (TPSA) is 74.0 Å². The highest BCUT2D eigenvalue weighted by atomic mass is 79.9. The number of hydrogen-bond donors (Lipinski definition) is 1. The predicted octanol–water partition coefficient (Wildman–Crippen LogP) is 0.878. The van der Waals surface area contributed by atoms with E-state index in [0.717, 1.165) is 30.5 Å². The number of aliphatic hydroxyl groups excluding tert-OH is 1. The van der Waals surface area contributed by atoms with Gasteiger partial charge >= 0.3 is 0 Å². The van der Waals surface area contributed by atoms with Gasteiger partial charge in [-0.05, 0) is 29.4 Å². The van der Waals surface area contributed by atoms with E-state index in [0.29, 0.717) is 17.8 Å². The Kier molecular flexibility index (Phi) is 3.85. The number of fused-ring (bicyclic) bond motifs is 1. The molecule has 0 radical (unpaired) electrons. The lowest BCUT2D eigenvalue weighted by Crippen LogP contribution is -2.64. The fourth-order valence-corrected chi connectivity index (χ4v) is 4.46. The van der Waals surface area contributed by atoms with Crippen LogP contribution in [0.2, 0.25) is 0 Å². The zero-order valence-corrected chi connectivity index (χ0v) is 15.1. The first-order valence-electron chi connectivity index (χ1n) is 8.10. The van der Waals surface area contributed by atoms with Crippen LogP contribution in [-0.4, -0.2) is 75.2 Å². The molecule has 1 amide bonds. The summed E-state index contributed by atoms with van der Waals surface area (Å²) in [5.41, 5.74) is 1.25. The molecule has 2 aliphatic heterocycles. The molecule has 0 saturated carbocycles. The van der Waals surface area contributed by atoms with E-state index in [4.69, 9.17) is 0 Å². The molecule has 1 atom stereocenters. The van der Waals surface area contributed by atoms with Crippen LogP contribution in [0.3, 0.4) is 0 Å². The number of carbonyl (C=O) groups is 1. The van der Waals surface area contributed by atoms with Gasteiger partial charge in [-0.15, -0.1) is 0 Å². The molecule has 7 nitrogen and oxygen atoms in total. The van der Waals surface area contributed by atoms with Gasteiger partial charge in [0.2, 0.25) is 0 Å². The molecule has 1 spiro atoms. The van der Waals surface area contributed by atoms with Gasteiger partial charge in [0.1, 0.15) is 5.56 Å². The van der Waals surface area contributed by atoms with Crippen LogP contribution in [0, 0.1) is 11.3 Å². The second-order valence-electron chi connectivity index (χ2n) is 7.01. The summed E-state index contributed by atoms with van der Waals surface area (Å²) in [4.78, 5) is 21.4. The molecule has 2 aromatic heterocycles. The first kappa shape index (κ1) is 16.0. The summed E-state index contributed by atoms with van der Waals surface area (Å²) in [6, 6.07) is 0. The van der Waals surface area contributed by atoms with Crippen molar-refractivity contribution in [1.29, 1.82) is 0 Å². The Bertz CT molecular complexity index is 786. The number of likely N-dealkylation sites (tertiary alicyclic amines) is 2. The molecule has 2 fully saturated rings. The van der Waals surface area contributed by atoms with Gasteiger partial charge in [0.15, 0.2) is 5.65 Å². The number of carbonyl (C=O) groups excluding carboxylic acids is 1. The Hall–Kier alpha value is -1.51. The van der Waals surface area contributed by atoms with Gasteiger partial charge in [-0.1, -0.05) is 0 Å². The third-order valence-corrected chi connectivity index (χ3v) is 5.83. The zero-order chi connectivity index (χ0) is 16.9. The number of piperidine rings is 1. The minimum absolute atomic E-state index is 0.0548. The second kappa shape index (κ2) is 5.79. The molecule has 2 aromatic rings. The maximum Gasteiger partial charge on any atom is 0.259 e. The van der Waals surface area contributed by atoms with Crippen LogP contribution in [0.4, 0.5) is 0 Å². The van der Waals surface area contributed by atoms with Crippen LogP contribution in [0.25, 0.3) is 5.65 Å². The van der Waals surface area contributed by atoms with E-state index >= 15 is 0 Å². The minimum atomic E-state index is -0.0548. The van der Waals surface area contributed by atoms with Crippen LogP contribution >= 0.6 is 15.9 Å². The van der Waals surface area contributed by atoms with E-state index in [2.05, 4.69) is 38.0 Å². The molecule has 0 aromatic carbocycles. The van der Waals surface area contributed by atoms with Gasteiger partial charge in [0.05, 0.1) is 10.7 Å². The SMILES string of the molecule is CN1CC2(CCN(C(=O)c3cnn4cc(Br)cnc34)CC2CO)C1. The fraction of sp³-hybridized carbons (Fsp3) is 0.562. The Morgan fingerprint density at radius 2 is 2.25 bits per heavy atom. The molecule has 2 aliphatic rings. The minimum Gasteiger partial charge on any atom is -0.396 e. The molecule has 128 valence electrons. The van der Waals surface area contributed by atoms with Crippen molar-refractivity contribution in [3.8, 4) is 0 Å². The smallest absolute Gasteiger partial charge is 0.259 e. The highest BCUT2D eigenvalue weighted by Crippen LogP contribution is 2.43. The molecule has 1 N–H and O–H groups in total. The largest absolute Gasteiger partial charge is 0.396 e. The summed E-state index contributed by atoms with van der Waals surface area (Å²) >= 11 is 3.35. The number of amides is 1. The number of rotatable bonds is 2. The Morgan fingerprint density at radius 3 is 2.96 bits per heavy atom. The molecular weight excluding hydrogens is 374 g/mol. The maximum atomic E-state index is 12.9. The van der Waals surface area contributed by atoms with E-state index in [1.54, 1.807) is 23.1 Å². The first-order chi connectivity index (χ1) is 11.5. The number of hydrogen-bond acceptors (Lipinski definition) is 5. The molecular formula is C16H20BrN5O2. The van der Waals surface area contributed by atoms with E-state index in [1.807, 2.05) is 4.90 Å². The summed E-state index contributed by atoms with van der Waals surface area (Å²) in [5.74, 6) is 0.0798. The number of aliphatic hydroxyl groups is 1. The zero-order valence-electron chi connectivity index (χ0n) is 13.5. The normalized spacial score (nSPS) is 23.6. The summed E-state index contributed by atoms with van der Waals surface area (Å²) in [5, 5.41) is 14.0. The number of aromatic nitrogens is 3. The molecule has 0 aliphatic carbocycles. The summed E-state index contributed by atoms with van der Waals surface area (Å²) in [6.07, 6.45) is 5.96. The molecule has 0 bridgehead atoms. The van der Waals surface area contributed by atoms with E-state index < -0.39 is 0 Å². The Balaban J connectivity index is 1.56. The third kappa shape index (κ3) is 2.44. The van der Waals surface area contributed by atoms with Crippen molar-refractivity contribution in [3.63, 3.8) is 0 Å². The van der Waals surface area contributed by atoms with Crippen LogP contribution in [0.5, 0.6) is 0 Å². The maximum absolute atomic E-state index is 12.9. The van der Waals surface area contributed by atoms with Crippen LogP contribution in [0.15, 0.2) is 23.1 Å². The van der Waals surface area contributed by atoms with E-state index in [9.17, 15) is 9.90 Å². The average Bonchev–Trinajstić information content (AvgIpc) is 2.96. The van der Waals surface area contributed by atoms with Gasteiger partial charge < -0.3 is 14.9 Å². The molecule has 4 rings (SSSR count). The van der Waals surface area contributed by atoms with E-state index in [1.165, 1.54) is 0 Å². The highest BCUT2D eigenvalue weighted by Gasteiger charge is 2.50. The van der Waals surface area contributed by atoms with Crippen molar-refractivity contribution in [2.75, 3.05) is 39.8 Å². The first-order valence-corrected chi connectivity index (χ1v) is 8.89. The van der Waals surface area contributed by atoms with Gasteiger partial charge in [0.25, 0.3) is 5.91 Å². The number of nitrogens with zero attached hydrogens (tertiary/aromatic N) is 5. The summed E-state index contributed by atoms with van der Waals surface area (Å²) in [6.45, 7) is 3.45. The average molecular weight is 394 g/mol. The monoisotopic (exact) mass is 393 g/mol. The molecule has 2 saturated heterocycles. The molecule has 4 heterocycles. The number of halogens is 1. The van der Waals surface area contributed by atoms with Crippen molar-refractivity contribution < 1.29 is 9.90 Å². The van der Waals surface area contributed by atoms with Crippen molar-refractivity contribution in [3.05, 3.63) is 28.6 Å². The van der Waals surface area contributed by atoms with Crippen molar-refractivity contribution in [1.82, 2.24) is 24.4 Å². The van der Waals surface area contributed by atoms with Crippen molar-refractivity contribution in [2.24, 2.45) is 11.3 Å². The molecule has 8 heteroatoms. The predicted molar refractivity (Wildman–Crippen MR) is 91.7 cm³/mol. The van der Waals surface area contributed by atoms with Gasteiger partial charge in [-0.2, -0.15) is 5.10 Å². The Labute approximate surface area is 148 Å². The molecule has 24 heavy (non-hydrogen) atoms. The lowest BCUT2D eigenvalue weighted by atomic mass is 9.65. The second-order valence-corrected chi connectivity index (χ2v) is 7.93. The lowest BCUT2D eigenvalue weighted by Gasteiger charge is -2.57.